The zero-order valence-corrected chi connectivity index (χ0v) is 17.0. The Bertz CT molecular complexity index is 925. The maximum absolute atomic E-state index is 12.4. The Balaban J connectivity index is 1.27. The largest absolute Gasteiger partial charge is 0.487 e. The molecule has 1 saturated heterocycles. The van der Waals surface area contributed by atoms with Crippen LogP contribution in [0.25, 0.3) is 0 Å². The molecule has 6 heteroatoms. The van der Waals surface area contributed by atoms with E-state index < -0.39 is 0 Å². The van der Waals surface area contributed by atoms with E-state index >= 15 is 0 Å². The van der Waals surface area contributed by atoms with Crippen LogP contribution >= 0.6 is 11.8 Å². The molecule has 5 nitrogen and oxygen atoms in total. The third kappa shape index (κ3) is 5.35. The van der Waals surface area contributed by atoms with E-state index in [1.165, 1.54) is 5.56 Å². The molecule has 1 amide bonds. The Labute approximate surface area is 175 Å². The minimum absolute atomic E-state index is 0.0906. The summed E-state index contributed by atoms with van der Waals surface area (Å²) >= 11 is 1.66. The second kappa shape index (κ2) is 9.56. The van der Waals surface area contributed by atoms with Crippen molar-refractivity contribution in [3.05, 3.63) is 83.8 Å². The van der Waals surface area contributed by atoms with Crippen LogP contribution in [0.5, 0.6) is 5.75 Å². The van der Waals surface area contributed by atoms with Gasteiger partial charge in [-0.1, -0.05) is 18.2 Å². The lowest BCUT2D eigenvalue weighted by molar-refractivity contribution is 0.0792. The number of thioether (sulfide) groups is 1. The van der Waals surface area contributed by atoms with Gasteiger partial charge in [-0.2, -0.15) is 0 Å². The number of hydrogen-bond donors (Lipinski definition) is 0. The number of ether oxygens (including phenoxy) is 1. The lowest BCUT2D eigenvalue weighted by atomic mass is 10.2. The van der Waals surface area contributed by atoms with Gasteiger partial charge in [0.05, 0.1) is 16.3 Å². The van der Waals surface area contributed by atoms with E-state index in [0.29, 0.717) is 12.2 Å². The molecule has 0 unspecified atom stereocenters. The Morgan fingerprint density at radius 2 is 1.83 bits per heavy atom. The van der Waals surface area contributed by atoms with Crippen LogP contribution < -0.4 is 4.74 Å². The molecule has 4 rings (SSSR count). The lowest BCUT2D eigenvalue weighted by Crippen LogP contribution is -2.27. The van der Waals surface area contributed by atoms with Gasteiger partial charge in [0.1, 0.15) is 12.4 Å². The predicted octanol–water partition coefficient (Wildman–Crippen LogP) is 4.58. The standard InChI is InChI=1S/C23H23N3O2S/c27-23(26-13-3-4-14-26)19-8-11-22(25-15-19)29-17-18-6-9-21(10-7-18)28-16-20-5-1-2-12-24-20/h1-2,5-12,15H,3-4,13-14,16-17H2. The SMILES string of the molecule is O=C(c1ccc(SCc2ccc(OCc3ccccn3)cc2)nc1)N1CCCC1. The van der Waals surface area contributed by atoms with Crippen LogP contribution in [0.1, 0.15) is 34.5 Å². The van der Waals surface area contributed by atoms with Gasteiger partial charge >= 0.3 is 0 Å². The van der Waals surface area contributed by atoms with Crippen molar-refractivity contribution in [1.82, 2.24) is 14.9 Å². The summed E-state index contributed by atoms with van der Waals surface area (Å²) in [4.78, 5) is 23.0. The third-order valence-corrected chi connectivity index (χ3v) is 5.81. The van der Waals surface area contributed by atoms with Gasteiger partial charge in [-0.05, 0) is 54.8 Å². The molecule has 0 spiro atoms. The first-order chi connectivity index (χ1) is 14.3. The molecular formula is C23H23N3O2S. The van der Waals surface area contributed by atoms with Gasteiger partial charge in [0.25, 0.3) is 5.91 Å². The Kier molecular flexibility index (Phi) is 6.42. The van der Waals surface area contributed by atoms with Crippen molar-refractivity contribution in [3.63, 3.8) is 0 Å². The van der Waals surface area contributed by atoms with Crippen LogP contribution in [0.4, 0.5) is 0 Å². The lowest BCUT2D eigenvalue weighted by Gasteiger charge is -2.14. The van der Waals surface area contributed by atoms with Crippen molar-refractivity contribution in [2.24, 2.45) is 0 Å². The summed E-state index contributed by atoms with van der Waals surface area (Å²) in [5.41, 5.74) is 2.77. The molecule has 29 heavy (non-hydrogen) atoms. The minimum atomic E-state index is 0.0906. The normalized spacial score (nSPS) is 13.4. The van der Waals surface area contributed by atoms with Gasteiger partial charge in [-0.3, -0.25) is 9.78 Å². The van der Waals surface area contributed by atoms with Crippen LogP contribution in [0.3, 0.4) is 0 Å². The summed E-state index contributed by atoms with van der Waals surface area (Å²) in [5.74, 6) is 1.73. The van der Waals surface area contributed by atoms with Crippen molar-refractivity contribution in [1.29, 1.82) is 0 Å². The van der Waals surface area contributed by atoms with Crippen molar-refractivity contribution < 1.29 is 9.53 Å². The van der Waals surface area contributed by atoms with E-state index in [1.807, 2.05) is 47.4 Å². The van der Waals surface area contributed by atoms with E-state index in [0.717, 1.165) is 48.2 Å². The van der Waals surface area contributed by atoms with Crippen LogP contribution in [-0.4, -0.2) is 33.9 Å². The summed E-state index contributed by atoms with van der Waals surface area (Å²) in [6.07, 6.45) is 5.65. The number of likely N-dealkylation sites (tertiary alicyclic amines) is 1. The molecule has 3 heterocycles. The van der Waals surface area contributed by atoms with E-state index in [9.17, 15) is 4.79 Å². The molecular weight excluding hydrogens is 382 g/mol. The van der Waals surface area contributed by atoms with Gasteiger partial charge in [0.15, 0.2) is 0 Å². The average Bonchev–Trinajstić information content (AvgIpc) is 3.33. The number of rotatable bonds is 7. The molecule has 1 aliphatic heterocycles. The monoisotopic (exact) mass is 405 g/mol. The molecule has 0 aliphatic carbocycles. The number of hydrogen-bond acceptors (Lipinski definition) is 5. The fourth-order valence-electron chi connectivity index (χ4n) is 3.17. The maximum atomic E-state index is 12.4. The van der Waals surface area contributed by atoms with Gasteiger partial charge in [0.2, 0.25) is 0 Å². The van der Waals surface area contributed by atoms with Gasteiger partial charge < -0.3 is 9.64 Å². The summed E-state index contributed by atoms with van der Waals surface area (Å²) in [5, 5.41) is 0.915. The number of carbonyl (C=O) groups is 1. The summed E-state index contributed by atoms with van der Waals surface area (Å²) in [6.45, 7) is 2.18. The first-order valence-electron chi connectivity index (χ1n) is 9.78. The maximum Gasteiger partial charge on any atom is 0.255 e. The number of pyridine rings is 2. The van der Waals surface area contributed by atoms with Crippen LogP contribution in [0.15, 0.2) is 72.0 Å². The average molecular weight is 406 g/mol. The topological polar surface area (TPSA) is 55.3 Å². The second-order valence-corrected chi connectivity index (χ2v) is 7.92. The quantitative estimate of drug-likeness (QED) is 0.539. The van der Waals surface area contributed by atoms with Crippen LogP contribution in [-0.2, 0) is 12.4 Å². The highest BCUT2D eigenvalue weighted by molar-refractivity contribution is 7.98. The second-order valence-electron chi connectivity index (χ2n) is 6.93. The van der Waals surface area contributed by atoms with Crippen molar-refractivity contribution >= 4 is 17.7 Å². The van der Waals surface area contributed by atoms with Crippen molar-refractivity contribution in [3.8, 4) is 5.75 Å². The number of carbonyl (C=O) groups excluding carboxylic acids is 1. The number of nitrogens with zero attached hydrogens (tertiary/aromatic N) is 3. The molecule has 0 N–H and O–H groups in total. The summed E-state index contributed by atoms with van der Waals surface area (Å²) < 4.78 is 5.77. The van der Waals surface area contributed by atoms with E-state index in [2.05, 4.69) is 22.1 Å². The molecule has 0 atom stereocenters. The number of benzene rings is 1. The minimum Gasteiger partial charge on any atom is -0.487 e. The van der Waals surface area contributed by atoms with Crippen molar-refractivity contribution in [2.45, 2.75) is 30.2 Å². The highest BCUT2D eigenvalue weighted by Crippen LogP contribution is 2.23. The van der Waals surface area contributed by atoms with Crippen LogP contribution in [0, 0.1) is 0 Å². The number of amides is 1. The smallest absolute Gasteiger partial charge is 0.255 e. The van der Waals surface area contributed by atoms with Crippen molar-refractivity contribution in [2.75, 3.05) is 13.1 Å². The molecule has 1 fully saturated rings. The molecule has 3 aromatic rings. The zero-order chi connectivity index (χ0) is 19.9. The highest BCUT2D eigenvalue weighted by atomic mass is 32.2. The molecule has 2 aromatic heterocycles. The first-order valence-corrected chi connectivity index (χ1v) is 10.8. The molecule has 148 valence electrons. The highest BCUT2D eigenvalue weighted by Gasteiger charge is 2.19. The van der Waals surface area contributed by atoms with Gasteiger partial charge in [-0.15, -0.1) is 11.8 Å². The van der Waals surface area contributed by atoms with Gasteiger partial charge in [0, 0.05) is 31.2 Å². The first kappa shape index (κ1) is 19.5. The Hall–Kier alpha value is -2.86. The summed E-state index contributed by atoms with van der Waals surface area (Å²) in [7, 11) is 0. The molecule has 0 saturated carbocycles. The fourth-order valence-corrected chi connectivity index (χ4v) is 3.97. The molecule has 0 radical (unpaired) electrons. The molecule has 0 bridgehead atoms. The van der Waals surface area contributed by atoms with Gasteiger partial charge in [-0.25, -0.2) is 4.98 Å². The summed E-state index contributed by atoms with van der Waals surface area (Å²) in [6, 6.07) is 17.7. The molecule has 1 aromatic carbocycles. The Morgan fingerprint density at radius 3 is 2.52 bits per heavy atom. The van der Waals surface area contributed by atoms with Crippen LogP contribution in [0.2, 0.25) is 0 Å². The van der Waals surface area contributed by atoms with E-state index in [4.69, 9.17) is 4.74 Å². The number of aromatic nitrogens is 2. The molecule has 1 aliphatic rings. The van der Waals surface area contributed by atoms with E-state index in [1.54, 1.807) is 24.2 Å². The zero-order valence-electron chi connectivity index (χ0n) is 16.2. The Morgan fingerprint density at radius 1 is 1.00 bits per heavy atom. The fraction of sp³-hybridized carbons (Fsp3) is 0.261. The predicted molar refractivity (Wildman–Crippen MR) is 114 cm³/mol. The van der Waals surface area contributed by atoms with E-state index in [-0.39, 0.29) is 5.91 Å². The third-order valence-electron chi connectivity index (χ3n) is 4.80.